The maximum Gasteiger partial charge on any atom is 0.0566 e. The third-order valence-electron chi connectivity index (χ3n) is 1.31. The fourth-order valence-corrected chi connectivity index (χ4v) is 0.272. The Morgan fingerprint density at radius 3 is 1.57 bits per heavy atom. The van der Waals surface area contributed by atoms with E-state index in [4.69, 9.17) is 4.74 Å². The molecule has 0 aliphatic rings. The second kappa shape index (κ2) is 3.03. The third kappa shape index (κ3) is 2.63. The van der Waals surface area contributed by atoms with E-state index in [0.717, 1.165) is 0 Å². The van der Waals surface area contributed by atoms with E-state index in [9.17, 15) is 0 Å². The van der Waals surface area contributed by atoms with Crippen LogP contribution in [0.25, 0.3) is 0 Å². The van der Waals surface area contributed by atoms with Crippen molar-refractivity contribution in [2.45, 2.75) is 26.9 Å². The molecule has 0 rings (SSSR count). The lowest BCUT2D eigenvalue weighted by Gasteiger charge is -2.11. The molecule has 0 N–H and O–H groups in total. The molecule has 0 unspecified atom stereocenters. The Labute approximate surface area is 45.7 Å². The zero-order valence-electron chi connectivity index (χ0n) is 5.56. The van der Waals surface area contributed by atoms with Gasteiger partial charge in [0.2, 0.25) is 0 Å². The van der Waals surface area contributed by atoms with Crippen molar-refractivity contribution in [1.29, 1.82) is 0 Å². The molecule has 0 bridgehead atoms. The van der Waals surface area contributed by atoms with Crippen LogP contribution in [0.5, 0.6) is 0 Å². The molecule has 0 aromatic heterocycles. The average molecular weight is 102 g/mol. The van der Waals surface area contributed by atoms with Crippen molar-refractivity contribution in [1.82, 2.24) is 0 Å². The Kier molecular flexibility index (Phi) is 3.01. The maximum absolute atomic E-state index is 5.01. The van der Waals surface area contributed by atoms with E-state index in [0.29, 0.717) is 12.0 Å². The van der Waals surface area contributed by atoms with Crippen molar-refractivity contribution < 1.29 is 4.74 Å². The van der Waals surface area contributed by atoms with E-state index in [1.165, 1.54) is 0 Å². The van der Waals surface area contributed by atoms with Crippen LogP contribution in [0.1, 0.15) is 20.8 Å². The van der Waals surface area contributed by atoms with Gasteiger partial charge in [-0.25, -0.2) is 0 Å². The van der Waals surface area contributed by atoms with Gasteiger partial charge >= 0.3 is 0 Å². The first-order chi connectivity index (χ1) is 3.18. The Hall–Kier alpha value is -0.0400. The molecule has 0 saturated heterocycles. The van der Waals surface area contributed by atoms with Crippen molar-refractivity contribution >= 4 is 0 Å². The quantitative estimate of drug-likeness (QED) is 0.515. The molecule has 0 amide bonds. The molecular weight excluding hydrogens is 88.1 g/mol. The SMILES string of the molecule is CO[C@@H](C)C(C)C. The minimum Gasteiger partial charge on any atom is -0.381 e. The van der Waals surface area contributed by atoms with Gasteiger partial charge < -0.3 is 4.74 Å². The molecule has 0 spiro atoms. The normalized spacial score (nSPS) is 15.0. The van der Waals surface area contributed by atoms with Gasteiger partial charge in [-0.3, -0.25) is 0 Å². The lowest BCUT2D eigenvalue weighted by molar-refractivity contribution is 0.0805. The molecule has 0 radical (unpaired) electrons. The van der Waals surface area contributed by atoms with E-state index in [-0.39, 0.29) is 0 Å². The molecule has 7 heavy (non-hydrogen) atoms. The minimum atomic E-state index is 0.403. The Morgan fingerprint density at radius 2 is 1.57 bits per heavy atom. The Balaban J connectivity index is 3.14. The van der Waals surface area contributed by atoms with Crippen molar-refractivity contribution in [3.05, 3.63) is 0 Å². The van der Waals surface area contributed by atoms with E-state index in [1.54, 1.807) is 7.11 Å². The summed E-state index contributed by atoms with van der Waals surface area (Å²) in [5, 5.41) is 0. The van der Waals surface area contributed by atoms with Gasteiger partial charge in [0.25, 0.3) is 0 Å². The Morgan fingerprint density at radius 1 is 1.14 bits per heavy atom. The van der Waals surface area contributed by atoms with Crippen LogP contribution >= 0.6 is 0 Å². The molecule has 0 fully saturated rings. The van der Waals surface area contributed by atoms with Crippen molar-refractivity contribution in [3.8, 4) is 0 Å². The number of ether oxygens (including phenoxy) is 1. The van der Waals surface area contributed by atoms with Crippen molar-refractivity contribution in [2.24, 2.45) is 5.92 Å². The lowest BCUT2D eigenvalue weighted by Crippen LogP contribution is -2.11. The summed E-state index contributed by atoms with van der Waals surface area (Å²) < 4.78 is 5.01. The third-order valence-corrected chi connectivity index (χ3v) is 1.31. The molecule has 0 aromatic rings. The summed E-state index contributed by atoms with van der Waals surface area (Å²) in [7, 11) is 1.74. The van der Waals surface area contributed by atoms with E-state index in [2.05, 4.69) is 20.8 Å². The summed E-state index contributed by atoms with van der Waals surface area (Å²) >= 11 is 0. The van der Waals surface area contributed by atoms with Gasteiger partial charge in [0.1, 0.15) is 0 Å². The minimum absolute atomic E-state index is 0.403. The second-order valence-corrected chi connectivity index (χ2v) is 2.18. The van der Waals surface area contributed by atoms with Crippen molar-refractivity contribution in [3.63, 3.8) is 0 Å². The molecule has 0 aliphatic heterocycles. The standard InChI is InChI=1S/C6H14O/c1-5(2)6(3)7-4/h5-6H,1-4H3/t6-/m0/s1. The van der Waals surface area contributed by atoms with Crippen LogP contribution in [0.15, 0.2) is 0 Å². The summed E-state index contributed by atoms with van der Waals surface area (Å²) in [6, 6.07) is 0. The first kappa shape index (κ1) is 6.96. The van der Waals surface area contributed by atoms with Crippen LogP contribution in [0, 0.1) is 5.92 Å². The monoisotopic (exact) mass is 102 g/mol. The van der Waals surface area contributed by atoms with Gasteiger partial charge in [0, 0.05) is 7.11 Å². The molecule has 1 heteroatoms. The van der Waals surface area contributed by atoms with Crippen LogP contribution < -0.4 is 0 Å². The zero-order chi connectivity index (χ0) is 5.86. The first-order valence-corrected chi connectivity index (χ1v) is 2.71. The predicted octanol–water partition coefficient (Wildman–Crippen LogP) is 1.68. The van der Waals surface area contributed by atoms with Crippen LogP contribution in [0.3, 0.4) is 0 Å². The number of methoxy groups -OCH3 is 1. The fraction of sp³-hybridized carbons (Fsp3) is 1.00. The summed E-state index contributed by atoms with van der Waals surface area (Å²) in [4.78, 5) is 0. The average Bonchev–Trinajstić information content (AvgIpc) is 1.65. The van der Waals surface area contributed by atoms with Gasteiger partial charge in [-0.1, -0.05) is 13.8 Å². The molecule has 0 heterocycles. The van der Waals surface area contributed by atoms with Crippen LogP contribution in [0.2, 0.25) is 0 Å². The summed E-state index contributed by atoms with van der Waals surface area (Å²) in [6.45, 7) is 6.37. The Bertz CT molecular complexity index is 41.4. The molecule has 1 nitrogen and oxygen atoms in total. The number of rotatable bonds is 2. The zero-order valence-corrected chi connectivity index (χ0v) is 5.56. The largest absolute Gasteiger partial charge is 0.381 e. The van der Waals surface area contributed by atoms with E-state index in [1.807, 2.05) is 0 Å². The van der Waals surface area contributed by atoms with Gasteiger partial charge in [-0.15, -0.1) is 0 Å². The van der Waals surface area contributed by atoms with Gasteiger partial charge in [0.15, 0.2) is 0 Å². The van der Waals surface area contributed by atoms with E-state index >= 15 is 0 Å². The van der Waals surface area contributed by atoms with Gasteiger partial charge in [-0.2, -0.15) is 0 Å². The highest BCUT2D eigenvalue weighted by Crippen LogP contribution is 2.01. The van der Waals surface area contributed by atoms with Gasteiger partial charge in [-0.05, 0) is 12.8 Å². The fourth-order valence-electron chi connectivity index (χ4n) is 0.272. The second-order valence-electron chi connectivity index (χ2n) is 2.18. The highest BCUT2D eigenvalue weighted by molar-refractivity contribution is 4.51. The molecule has 44 valence electrons. The molecule has 1 atom stereocenters. The lowest BCUT2D eigenvalue weighted by atomic mass is 10.1. The molecule has 0 aliphatic carbocycles. The van der Waals surface area contributed by atoms with Crippen LogP contribution in [-0.4, -0.2) is 13.2 Å². The predicted molar refractivity (Wildman–Crippen MR) is 31.3 cm³/mol. The van der Waals surface area contributed by atoms with Crippen molar-refractivity contribution in [2.75, 3.05) is 7.11 Å². The topological polar surface area (TPSA) is 9.23 Å². The smallest absolute Gasteiger partial charge is 0.0566 e. The van der Waals surface area contributed by atoms with Gasteiger partial charge in [0.05, 0.1) is 6.10 Å². The van der Waals surface area contributed by atoms with E-state index < -0.39 is 0 Å². The summed E-state index contributed by atoms with van der Waals surface area (Å²) in [5.74, 6) is 0.644. The maximum atomic E-state index is 5.01. The number of hydrogen-bond acceptors (Lipinski definition) is 1. The molecule has 0 saturated carbocycles. The molecular formula is C6H14O. The summed E-state index contributed by atoms with van der Waals surface area (Å²) in [5.41, 5.74) is 0. The highest BCUT2D eigenvalue weighted by atomic mass is 16.5. The van der Waals surface area contributed by atoms with Crippen LogP contribution in [-0.2, 0) is 4.74 Å². The first-order valence-electron chi connectivity index (χ1n) is 2.71. The summed E-state index contributed by atoms with van der Waals surface area (Å²) in [6.07, 6.45) is 0.403. The highest BCUT2D eigenvalue weighted by Gasteiger charge is 2.01. The molecule has 0 aromatic carbocycles. The number of hydrogen-bond donors (Lipinski definition) is 0. The van der Waals surface area contributed by atoms with Crippen LogP contribution in [0.4, 0.5) is 0 Å².